The van der Waals surface area contributed by atoms with Gasteiger partial charge in [0.15, 0.2) is 0 Å². The number of likely N-dealkylation sites (tertiary alicyclic amines) is 1. The van der Waals surface area contributed by atoms with E-state index in [0.717, 1.165) is 11.1 Å². The van der Waals surface area contributed by atoms with Gasteiger partial charge in [0, 0.05) is 43.5 Å². The minimum Gasteiger partial charge on any atom is -0.497 e. The summed E-state index contributed by atoms with van der Waals surface area (Å²) in [6.07, 6.45) is 3.40. The van der Waals surface area contributed by atoms with Gasteiger partial charge in [-0.05, 0) is 47.5 Å². The van der Waals surface area contributed by atoms with E-state index in [9.17, 15) is 9.59 Å². The van der Waals surface area contributed by atoms with E-state index in [1.165, 1.54) is 0 Å². The second-order valence-corrected chi connectivity index (χ2v) is 7.97. The predicted octanol–water partition coefficient (Wildman–Crippen LogP) is 3.27. The Morgan fingerprint density at radius 1 is 1.00 bits per heavy atom. The monoisotopic (exact) mass is 445 g/mol. The van der Waals surface area contributed by atoms with Crippen LogP contribution in [0.4, 0.5) is 0 Å². The van der Waals surface area contributed by atoms with Gasteiger partial charge in [0.05, 0.1) is 20.1 Å². The van der Waals surface area contributed by atoms with Crippen molar-refractivity contribution < 1.29 is 19.1 Å². The lowest BCUT2D eigenvalue weighted by Crippen LogP contribution is -2.35. The number of hydrogen-bond acceptors (Lipinski definition) is 5. The highest BCUT2D eigenvalue weighted by Gasteiger charge is 2.41. The van der Waals surface area contributed by atoms with Gasteiger partial charge in [0.2, 0.25) is 5.91 Å². The van der Waals surface area contributed by atoms with Crippen LogP contribution < -0.4 is 14.8 Å². The Hall–Kier alpha value is -3.87. The van der Waals surface area contributed by atoms with Crippen LogP contribution in [0.15, 0.2) is 73.1 Å². The van der Waals surface area contributed by atoms with Gasteiger partial charge in [-0.3, -0.25) is 14.6 Å². The van der Waals surface area contributed by atoms with Gasteiger partial charge in [0.1, 0.15) is 11.5 Å². The van der Waals surface area contributed by atoms with Crippen molar-refractivity contribution >= 4 is 11.8 Å². The minimum absolute atomic E-state index is 0.0938. The summed E-state index contributed by atoms with van der Waals surface area (Å²) in [5, 5.41) is 3.03. The van der Waals surface area contributed by atoms with Crippen molar-refractivity contribution in [3.63, 3.8) is 0 Å². The van der Waals surface area contributed by atoms with Crippen molar-refractivity contribution in [3.8, 4) is 11.5 Å². The van der Waals surface area contributed by atoms with E-state index < -0.39 is 5.92 Å². The first-order valence-electron chi connectivity index (χ1n) is 10.8. The first-order chi connectivity index (χ1) is 16.1. The third-order valence-corrected chi connectivity index (χ3v) is 6.02. The molecule has 2 heterocycles. The van der Waals surface area contributed by atoms with E-state index in [2.05, 4.69) is 10.3 Å². The number of rotatable bonds is 7. The van der Waals surface area contributed by atoms with Gasteiger partial charge in [0.25, 0.3) is 5.91 Å². The minimum atomic E-state index is -0.405. The molecule has 2 aromatic carbocycles. The second kappa shape index (κ2) is 10.2. The maximum atomic E-state index is 13.3. The van der Waals surface area contributed by atoms with Gasteiger partial charge < -0.3 is 19.7 Å². The standard InChI is InChI=1S/C26H27N3O4/c1-32-20-7-5-6-19(14-20)26(31)29-16-22(21-8-3-4-9-24(21)33-2)23(17-29)25(30)28-15-18-10-12-27-13-11-18/h3-14,22-23H,15-17H2,1-2H3,(H,28,30). The average Bonchev–Trinajstić information content (AvgIpc) is 3.33. The van der Waals surface area contributed by atoms with Crippen LogP contribution in [-0.2, 0) is 11.3 Å². The average molecular weight is 446 g/mol. The van der Waals surface area contributed by atoms with Gasteiger partial charge >= 0.3 is 0 Å². The predicted molar refractivity (Wildman–Crippen MR) is 124 cm³/mol. The highest BCUT2D eigenvalue weighted by molar-refractivity contribution is 5.95. The van der Waals surface area contributed by atoms with Crippen LogP contribution in [0.3, 0.4) is 0 Å². The lowest BCUT2D eigenvalue weighted by atomic mass is 9.87. The summed E-state index contributed by atoms with van der Waals surface area (Å²) in [7, 11) is 3.19. The number of amides is 2. The van der Waals surface area contributed by atoms with E-state index in [0.29, 0.717) is 36.7 Å². The highest BCUT2D eigenvalue weighted by atomic mass is 16.5. The number of methoxy groups -OCH3 is 2. The molecule has 4 rings (SSSR count). The lowest BCUT2D eigenvalue weighted by molar-refractivity contribution is -0.125. The first kappa shape index (κ1) is 22.3. The van der Waals surface area contributed by atoms with E-state index in [-0.39, 0.29) is 17.7 Å². The molecule has 0 radical (unpaired) electrons. The summed E-state index contributed by atoms with van der Waals surface area (Å²) in [4.78, 5) is 32.3. The largest absolute Gasteiger partial charge is 0.497 e. The molecule has 0 spiro atoms. The van der Waals surface area contributed by atoms with Crippen LogP contribution in [0.2, 0.25) is 0 Å². The number of pyridine rings is 1. The zero-order chi connectivity index (χ0) is 23.2. The molecule has 7 heteroatoms. The summed E-state index contributed by atoms with van der Waals surface area (Å²) in [6, 6.07) is 18.5. The fraction of sp³-hybridized carbons (Fsp3) is 0.269. The molecule has 2 unspecified atom stereocenters. The van der Waals surface area contributed by atoms with Crippen LogP contribution in [0, 0.1) is 5.92 Å². The smallest absolute Gasteiger partial charge is 0.254 e. The van der Waals surface area contributed by atoms with Crippen molar-refractivity contribution in [1.82, 2.24) is 15.2 Å². The molecule has 0 aliphatic carbocycles. The van der Waals surface area contributed by atoms with Gasteiger partial charge in [-0.25, -0.2) is 0 Å². The number of benzene rings is 2. The molecule has 33 heavy (non-hydrogen) atoms. The molecule has 170 valence electrons. The zero-order valence-corrected chi connectivity index (χ0v) is 18.7. The van der Waals surface area contributed by atoms with Crippen LogP contribution in [0.25, 0.3) is 0 Å². The van der Waals surface area contributed by atoms with Gasteiger partial charge in [-0.2, -0.15) is 0 Å². The number of carbonyl (C=O) groups excluding carboxylic acids is 2. The van der Waals surface area contributed by atoms with Crippen LogP contribution in [0.5, 0.6) is 11.5 Å². The molecule has 7 nitrogen and oxygen atoms in total. The van der Waals surface area contributed by atoms with Gasteiger partial charge in [-0.15, -0.1) is 0 Å². The zero-order valence-electron chi connectivity index (χ0n) is 18.7. The molecule has 1 aromatic heterocycles. The number of nitrogens with one attached hydrogen (secondary N) is 1. The second-order valence-electron chi connectivity index (χ2n) is 7.97. The van der Waals surface area contributed by atoms with Gasteiger partial charge in [-0.1, -0.05) is 24.3 Å². The molecular weight excluding hydrogens is 418 g/mol. The number of nitrogens with zero attached hydrogens (tertiary/aromatic N) is 2. The van der Waals surface area contributed by atoms with Crippen molar-refractivity contribution in [2.75, 3.05) is 27.3 Å². The summed E-state index contributed by atoms with van der Waals surface area (Å²) in [5.74, 6) is 0.519. The summed E-state index contributed by atoms with van der Waals surface area (Å²) < 4.78 is 10.8. The van der Waals surface area contributed by atoms with E-state index in [4.69, 9.17) is 9.47 Å². The molecule has 1 N–H and O–H groups in total. The molecular formula is C26H27N3O4. The SMILES string of the molecule is COc1cccc(C(=O)N2CC(C(=O)NCc3ccncc3)C(c3ccccc3OC)C2)c1. The molecule has 1 aliphatic heterocycles. The molecule has 1 fully saturated rings. The van der Waals surface area contributed by atoms with E-state index in [1.54, 1.807) is 55.8 Å². The van der Waals surface area contributed by atoms with Crippen LogP contribution in [-0.4, -0.2) is 49.0 Å². The maximum absolute atomic E-state index is 13.3. The van der Waals surface area contributed by atoms with Crippen LogP contribution in [0.1, 0.15) is 27.4 Å². The van der Waals surface area contributed by atoms with Crippen LogP contribution >= 0.6 is 0 Å². The Morgan fingerprint density at radius 2 is 1.79 bits per heavy atom. The summed E-state index contributed by atoms with van der Waals surface area (Å²) in [6.45, 7) is 1.14. The van der Waals surface area contributed by atoms with Crippen molar-refractivity contribution in [3.05, 3.63) is 89.7 Å². The third-order valence-electron chi connectivity index (χ3n) is 6.02. The van der Waals surface area contributed by atoms with Crippen molar-refractivity contribution in [2.24, 2.45) is 5.92 Å². The summed E-state index contributed by atoms with van der Waals surface area (Å²) >= 11 is 0. The number of para-hydroxylation sites is 1. The van der Waals surface area contributed by atoms with E-state index in [1.807, 2.05) is 36.4 Å². The fourth-order valence-electron chi connectivity index (χ4n) is 4.28. The fourth-order valence-corrected chi connectivity index (χ4v) is 4.28. The maximum Gasteiger partial charge on any atom is 0.254 e. The topological polar surface area (TPSA) is 80.8 Å². The Labute approximate surface area is 193 Å². The number of ether oxygens (including phenoxy) is 2. The quantitative estimate of drug-likeness (QED) is 0.604. The summed E-state index contributed by atoms with van der Waals surface area (Å²) in [5.41, 5.74) is 2.42. The number of carbonyl (C=O) groups is 2. The molecule has 2 amide bonds. The Kier molecular flexibility index (Phi) is 6.88. The van der Waals surface area contributed by atoms with Crippen molar-refractivity contribution in [1.29, 1.82) is 0 Å². The molecule has 1 saturated heterocycles. The number of aromatic nitrogens is 1. The Morgan fingerprint density at radius 3 is 2.55 bits per heavy atom. The first-order valence-corrected chi connectivity index (χ1v) is 10.8. The molecule has 2 atom stereocenters. The lowest BCUT2D eigenvalue weighted by Gasteiger charge is -2.20. The molecule has 1 aliphatic rings. The Bertz CT molecular complexity index is 1120. The molecule has 0 bridgehead atoms. The molecule has 3 aromatic rings. The Balaban J connectivity index is 1.59. The van der Waals surface area contributed by atoms with Crippen molar-refractivity contribution in [2.45, 2.75) is 12.5 Å². The number of hydrogen-bond donors (Lipinski definition) is 1. The normalized spacial score (nSPS) is 17.5. The third kappa shape index (κ3) is 4.98. The highest BCUT2D eigenvalue weighted by Crippen LogP contribution is 2.38. The van der Waals surface area contributed by atoms with E-state index >= 15 is 0 Å². The molecule has 0 saturated carbocycles.